The average molecular weight is 924 g/mol. The second kappa shape index (κ2) is 46.8. The maximum Gasteiger partial charge on any atom is 0.472 e. The molecule has 64 heavy (non-hydrogen) atoms. The number of quaternary nitrogens is 1. The Kier molecular flexibility index (Phi) is 45.9. The summed E-state index contributed by atoms with van der Waals surface area (Å²) in [5, 5.41) is 13.9. The molecule has 0 heterocycles. The van der Waals surface area contributed by atoms with E-state index in [9.17, 15) is 19.4 Å². The fraction of sp³-hybridized carbons (Fsp3) is 0.873. The number of nitrogens with one attached hydrogen (secondary N) is 1. The first-order valence-corrected chi connectivity index (χ1v) is 28.9. The van der Waals surface area contributed by atoms with Crippen molar-refractivity contribution in [1.29, 1.82) is 0 Å². The number of hydrogen-bond donors (Lipinski definition) is 3. The summed E-state index contributed by atoms with van der Waals surface area (Å²) in [6, 6.07) is -0.867. The third-order valence-corrected chi connectivity index (χ3v) is 13.3. The second-order valence-corrected chi connectivity index (χ2v) is 21.4. The molecule has 0 aromatic rings. The van der Waals surface area contributed by atoms with Crippen LogP contribution in [0.1, 0.15) is 258 Å². The number of phosphoric acid groups is 1. The summed E-state index contributed by atoms with van der Waals surface area (Å²) < 4.78 is 23.6. The van der Waals surface area contributed by atoms with Crippen LogP contribution >= 0.6 is 7.82 Å². The summed E-state index contributed by atoms with van der Waals surface area (Å²) >= 11 is 0. The largest absolute Gasteiger partial charge is 0.472 e. The molecule has 8 nitrogen and oxygen atoms in total. The molecular weight excluding hydrogens is 816 g/mol. The van der Waals surface area contributed by atoms with E-state index in [4.69, 9.17) is 9.05 Å². The Hall–Kier alpha value is -1.28. The van der Waals surface area contributed by atoms with Gasteiger partial charge in [0.25, 0.3) is 0 Å². The number of likely N-dealkylation sites (N-methyl/N-ethyl adjacent to an activating group) is 1. The van der Waals surface area contributed by atoms with Gasteiger partial charge in [-0.3, -0.25) is 13.8 Å². The van der Waals surface area contributed by atoms with Gasteiger partial charge in [-0.05, 0) is 44.9 Å². The highest BCUT2D eigenvalue weighted by atomic mass is 31.2. The lowest BCUT2D eigenvalue weighted by Crippen LogP contribution is -2.45. The Balaban J connectivity index is 4.17. The highest BCUT2D eigenvalue weighted by Gasteiger charge is 2.27. The van der Waals surface area contributed by atoms with E-state index >= 15 is 0 Å². The van der Waals surface area contributed by atoms with Crippen LogP contribution in [0, 0.1) is 0 Å². The first kappa shape index (κ1) is 62.7. The fourth-order valence-corrected chi connectivity index (χ4v) is 8.75. The number of aliphatic hydroxyl groups excluding tert-OH is 1. The number of aliphatic hydroxyl groups is 1. The van der Waals surface area contributed by atoms with Gasteiger partial charge in [0.1, 0.15) is 13.2 Å². The van der Waals surface area contributed by atoms with E-state index in [0.717, 1.165) is 44.9 Å². The molecule has 0 rings (SSSR count). The first-order chi connectivity index (χ1) is 31.0. The number of carbonyl (C=O) groups is 1. The lowest BCUT2D eigenvalue weighted by molar-refractivity contribution is -0.870. The molecule has 378 valence electrons. The van der Waals surface area contributed by atoms with Crippen LogP contribution < -0.4 is 5.32 Å². The summed E-state index contributed by atoms with van der Waals surface area (Å²) in [5.41, 5.74) is 0. The van der Waals surface area contributed by atoms with Crippen molar-refractivity contribution in [2.75, 3.05) is 40.9 Å². The van der Waals surface area contributed by atoms with Crippen molar-refractivity contribution in [3.05, 3.63) is 36.5 Å². The molecule has 0 bridgehead atoms. The van der Waals surface area contributed by atoms with E-state index in [1.807, 2.05) is 27.2 Å². The van der Waals surface area contributed by atoms with E-state index in [1.165, 1.54) is 193 Å². The minimum atomic E-state index is -4.35. The van der Waals surface area contributed by atoms with E-state index in [-0.39, 0.29) is 19.1 Å². The van der Waals surface area contributed by atoms with Crippen molar-refractivity contribution in [3.63, 3.8) is 0 Å². The third kappa shape index (κ3) is 48.6. The molecule has 0 saturated carbocycles. The van der Waals surface area contributed by atoms with Gasteiger partial charge >= 0.3 is 7.82 Å². The molecule has 0 saturated heterocycles. The zero-order valence-electron chi connectivity index (χ0n) is 43.0. The van der Waals surface area contributed by atoms with Crippen LogP contribution in [0.5, 0.6) is 0 Å². The minimum Gasteiger partial charge on any atom is -0.387 e. The van der Waals surface area contributed by atoms with Crippen LogP contribution in [0.15, 0.2) is 36.5 Å². The van der Waals surface area contributed by atoms with Crippen LogP contribution in [0.2, 0.25) is 0 Å². The van der Waals surface area contributed by atoms with E-state index < -0.39 is 20.0 Å². The Bertz CT molecular complexity index is 1140. The van der Waals surface area contributed by atoms with Crippen LogP contribution in [0.25, 0.3) is 0 Å². The molecule has 1 amide bonds. The van der Waals surface area contributed by atoms with Crippen molar-refractivity contribution in [1.82, 2.24) is 5.32 Å². The molecule has 0 aliphatic rings. The molecule has 0 radical (unpaired) electrons. The van der Waals surface area contributed by atoms with Gasteiger partial charge in [-0.15, -0.1) is 0 Å². The molecular formula is C55H108N2O6P+. The number of carbonyl (C=O) groups excluding carboxylic acids is 1. The van der Waals surface area contributed by atoms with Crippen molar-refractivity contribution >= 4 is 13.7 Å². The normalized spacial score (nSPS) is 14.3. The predicted octanol–water partition coefficient (Wildman–Crippen LogP) is 16.2. The number of rotatable bonds is 50. The zero-order valence-corrected chi connectivity index (χ0v) is 43.9. The number of phosphoric ester groups is 1. The van der Waals surface area contributed by atoms with Crippen LogP contribution in [-0.4, -0.2) is 73.4 Å². The monoisotopic (exact) mass is 924 g/mol. The topological polar surface area (TPSA) is 105 Å². The standard InChI is InChI=1S/C55H107N2O6P/c1-6-8-10-12-14-16-18-20-22-23-24-25-26-27-28-29-30-31-32-33-35-37-39-41-43-45-47-49-55(59)56-53(52-63-64(60,61)62-51-50-57(3,4)5)54(58)48-46-44-42-40-38-36-34-21-19-17-15-13-11-9-7-2/h19,21,38,40,46,48,53-54,58H,6-18,20,22-37,39,41-45,47,49-52H2,1-5H3,(H-,56,59,60,61)/p+1/b21-19+,40-38+,48-46+. The summed E-state index contributed by atoms with van der Waals surface area (Å²) in [7, 11) is 1.55. The number of allylic oxidation sites excluding steroid dienone is 5. The fourth-order valence-electron chi connectivity index (χ4n) is 8.02. The lowest BCUT2D eigenvalue weighted by Gasteiger charge is -2.25. The summed E-state index contributed by atoms with van der Waals surface area (Å²) in [5.74, 6) is -0.187. The summed E-state index contributed by atoms with van der Waals surface area (Å²) in [6.07, 6.45) is 59.6. The van der Waals surface area contributed by atoms with Crippen molar-refractivity contribution in [3.8, 4) is 0 Å². The number of unbranched alkanes of at least 4 members (excludes halogenated alkanes) is 33. The Labute approximate surface area is 397 Å². The highest BCUT2D eigenvalue weighted by Crippen LogP contribution is 2.43. The molecule has 9 heteroatoms. The van der Waals surface area contributed by atoms with Gasteiger partial charge in [-0.25, -0.2) is 4.57 Å². The number of hydrogen-bond acceptors (Lipinski definition) is 5. The predicted molar refractivity (Wildman–Crippen MR) is 277 cm³/mol. The van der Waals surface area contributed by atoms with Crippen LogP contribution in [-0.2, 0) is 18.4 Å². The Morgan fingerprint density at radius 3 is 1.25 bits per heavy atom. The van der Waals surface area contributed by atoms with Crippen molar-refractivity contribution in [2.24, 2.45) is 0 Å². The molecule has 3 N–H and O–H groups in total. The maximum absolute atomic E-state index is 12.9. The van der Waals surface area contributed by atoms with Gasteiger partial charge in [0.2, 0.25) is 5.91 Å². The molecule has 3 atom stereocenters. The zero-order chi connectivity index (χ0) is 47.1. The van der Waals surface area contributed by atoms with E-state index in [1.54, 1.807) is 6.08 Å². The average Bonchev–Trinajstić information content (AvgIpc) is 3.25. The molecule has 0 aromatic heterocycles. The van der Waals surface area contributed by atoms with E-state index in [0.29, 0.717) is 17.4 Å². The maximum atomic E-state index is 12.9. The van der Waals surface area contributed by atoms with Gasteiger partial charge in [-0.2, -0.15) is 0 Å². The van der Waals surface area contributed by atoms with Gasteiger partial charge in [0.05, 0.1) is 39.9 Å². The summed E-state index contributed by atoms with van der Waals surface area (Å²) in [4.78, 5) is 23.2. The van der Waals surface area contributed by atoms with Gasteiger partial charge in [0, 0.05) is 6.42 Å². The highest BCUT2D eigenvalue weighted by molar-refractivity contribution is 7.47. The molecule has 0 aliphatic heterocycles. The van der Waals surface area contributed by atoms with Crippen LogP contribution in [0.4, 0.5) is 0 Å². The molecule has 0 aromatic carbocycles. The Morgan fingerprint density at radius 2 is 0.859 bits per heavy atom. The third-order valence-electron chi connectivity index (χ3n) is 12.3. The molecule has 0 fully saturated rings. The van der Waals surface area contributed by atoms with Gasteiger partial charge < -0.3 is 19.8 Å². The first-order valence-electron chi connectivity index (χ1n) is 27.4. The smallest absolute Gasteiger partial charge is 0.387 e. The quantitative estimate of drug-likeness (QED) is 0.0243. The second-order valence-electron chi connectivity index (χ2n) is 19.9. The number of amides is 1. The van der Waals surface area contributed by atoms with Crippen molar-refractivity contribution in [2.45, 2.75) is 270 Å². The molecule has 0 spiro atoms. The molecule has 3 unspecified atom stereocenters. The summed E-state index contributed by atoms with van der Waals surface area (Å²) in [6.45, 7) is 4.80. The minimum absolute atomic E-state index is 0.0549. The van der Waals surface area contributed by atoms with Gasteiger partial charge in [-0.1, -0.05) is 243 Å². The van der Waals surface area contributed by atoms with Gasteiger partial charge in [0.15, 0.2) is 0 Å². The lowest BCUT2D eigenvalue weighted by atomic mass is 10.0. The Morgan fingerprint density at radius 1 is 0.516 bits per heavy atom. The van der Waals surface area contributed by atoms with Crippen LogP contribution in [0.3, 0.4) is 0 Å². The SMILES string of the molecule is CCCCCCC/C=C/CC/C=C/CC/C=C/C(O)C(COP(=O)(O)OCC[N+](C)(C)C)NC(=O)CCCCCCCCCCCCCCCCCCCCCCCCCCCCC. The number of nitrogens with zero attached hydrogens (tertiary/aromatic N) is 1. The molecule has 0 aliphatic carbocycles. The van der Waals surface area contributed by atoms with Crippen molar-refractivity contribution < 1.29 is 32.9 Å². The van der Waals surface area contributed by atoms with E-state index in [2.05, 4.69) is 43.5 Å².